The smallest absolute Gasteiger partial charge is 0.352 e. The summed E-state index contributed by atoms with van der Waals surface area (Å²) >= 11 is 0. The highest BCUT2D eigenvalue weighted by molar-refractivity contribution is 5.91. The number of aromatic nitrogens is 1. The first-order chi connectivity index (χ1) is 5.66. The molecular formula is C8H7NO3. The largest absolute Gasteiger partial charge is 0.477 e. The van der Waals surface area contributed by atoms with Gasteiger partial charge in [0.2, 0.25) is 0 Å². The molecule has 0 bridgehead atoms. The van der Waals surface area contributed by atoms with Gasteiger partial charge in [0.15, 0.2) is 5.58 Å². The summed E-state index contributed by atoms with van der Waals surface area (Å²) in [6.45, 7) is 1.81. The molecule has 2 heterocycles. The Morgan fingerprint density at radius 1 is 1.58 bits per heavy atom. The van der Waals surface area contributed by atoms with Gasteiger partial charge in [0, 0.05) is 12.1 Å². The van der Waals surface area contributed by atoms with Crippen molar-refractivity contribution in [3.8, 4) is 0 Å². The molecule has 2 N–H and O–H groups in total. The van der Waals surface area contributed by atoms with E-state index in [0.29, 0.717) is 5.58 Å². The van der Waals surface area contributed by atoms with Gasteiger partial charge in [-0.1, -0.05) is 0 Å². The van der Waals surface area contributed by atoms with E-state index in [9.17, 15) is 4.79 Å². The van der Waals surface area contributed by atoms with Crippen molar-refractivity contribution in [1.29, 1.82) is 0 Å². The van der Waals surface area contributed by atoms with Crippen molar-refractivity contribution in [3.05, 3.63) is 23.6 Å². The summed E-state index contributed by atoms with van der Waals surface area (Å²) in [5.74, 6) is -0.202. The second kappa shape index (κ2) is 2.14. The average Bonchev–Trinajstić information content (AvgIpc) is 2.42. The molecule has 2 rings (SSSR count). The van der Waals surface area contributed by atoms with Gasteiger partial charge in [0.05, 0.1) is 5.52 Å². The van der Waals surface area contributed by atoms with Crippen molar-refractivity contribution in [3.63, 3.8) is 0 Å². The van der Waals surface area contributed by atoms with Gasteiger partial charge < -0.3 is 14.5 Å². The molecular weight excluding hydrogens is 158 g/mol. The van der Waals surface area contributed by atoms with Crippen LogP contribution in [0.25, 0.3) is 11.1 Å². The van der Waals surface area contributed by atoms with E-state index in [1.54, 1.807) is 6.07 Å². The van der Waals surface area contributed by atoms with Crippen LogP contribution >= 0.6 is 0 Å². The molecule has 4 heteroatoms. The van der Waals surface area contributed by atoms with Crippen molar-refractivity contribution in [2.24, 2.45) is 0 Å². The molecule has 2 aromatic heterocycles. The quantitative estimate of drug-likeness (QED) is 0.676. The maximum Gasteiger partial charge on any atom is 0.352 e. The van der Waals surface area contributed by atoms with Gasteiger partial charge in [0.25, 0.3) is 0 Å². The van der Waals surface area contributed by atoms with Gasteiger partial charge in [-0.25, -0.2) is 4.79 Å². The van der Waals surface area contributed by atoms with E-state index >= 15 is 0 Å². The third-order valence-corrected chi connectivity index (χ3v) is 1.66. The lowest BCUT2D eigenvalue weighted by atomic mass is 10.4. The van der Waals surface area contributed by atoms with E-state index in [-0.39, 0.29) is 5.69 Å². The van der Waals surface area contributed by atoms with Crippen LogP contribution in [0.5, 0.6) is 0 Å². The number of hydrogen-bond donors (Lipinski definition) is 2. The number of H-pyrrole nitrogens is 1. The van der Waals surface area contributed by atoms with Crippen molar-refractivity contribution >= 4 is 17.1 Å². The van der Waals surface area contributed by atoms with Crippen LogP contribution in [0.4, 0.5) is 0 Å². The molecule has 0 saturated heterocycles. The summed E-state index contributed by atoms with van der Waals surface area (Å²) < 4.78 is 5.20. The summed E-state index contributed by atoms with van der Waals surface area (Å²) in [6.07, 6.45) is 0. The van der Waals surface area contributed by atoms with Gasteiger partial charge in [-0.05, 0) is 6.92 Å². The number of furan rings is 1. The number of hydrogen-bond acceptors (Lipinski definition) is 2. The molecule has 0 aliphatic rings. The van der Waals surface area contributed by atoms with Crippen LogP contribution in [0.1, 0.15) is 16.2 Å². The maximum absolute atomic E-state index is 10.5. The van der Waals surface area contributed by atoms with Crippen molar-refractivity contribution in [1.82, 2.24) is 4.98 Å². The molecule has 0 aliphatic carbocycles. The highest BCUT2D eigenvalue weighted by atomic mass is 16.4. The Bertz CT molecular complexity index is 407. The van der Waals surface area contributed by atoms with E-state index in [1.807, 2.05) is 6.92 Å². The lowest BCUT2D eigenvalue weighted by Crippen LogP contribution is -1.94. The number of carboxylic acid groups (broad SMARTS) is 1. The fourth-order valence-electron chi connectivity index (χ4n) is 1.16. The SMILES string of the molecule is Cc1cc2[nH]c(C(=O)O)cc2o1. The molecule has 0 radical (unpaired) electrons. The summed E-state index contributed by atoms with van der Waals surface area (Å²) in [5, 5.41) is 8.60. The number of aromatic carboxylic acids is 1. The molecule has 0 aromatic carbocycles. The topological polar surface area (TPSA) is 66.2 Å². The van der Waals surface area contributed by atoms with Crippen molar-refractivity contribution in [2.75, 3.05) is 0 Å². The predicted octanol–water partition coefficient (Wildman–Crippen LogP) is 1.77. The number of fused-ring (bicyclic) bond motifs is 1. The Morgan fingerprint density at radius 3 is 2.92 bits per heavy atom. The van der Waals surface area contributed by atoms with Crippen LogP contribution in [0.3, 0.4) is 0 Å². The summed E-state index contributed by atoms with van der Waals surface area (Å²) in [4.78, 5) is 13.2. The molecule has 0 aliphatic heterocycles. The van der Waals surface area contributed by atoms with Crippen molar-refractivity contribution in [2.45, 2.75) is 6.92 Å². The van der Waals surface area contributed by atoms with Gasteiger partial charge in [-0.3, -0.25) is 0 Å². The Labute approximate surface area is 67.8 Å². The molecule has 62 valence electrons. The minimum absolute atomic E-state index is 0.156. The molecule has 0 saturated carbocycles. The van der Waals surface area contributed by atoms with E-state index in [1.165, 1.54) is 6.07 Å². The third-order valence-electron chi connectivity index (χ3n) is 1.66. The van der Waals surface area contributed by atoms with E-state index < -0.39 is 5.97 Å². The van der Waals surface area contributed by atoms with Gasteiger partial charge in [-0.2, -0.15) is 0 Å². The first-order valence-corrected chi connectivity index (χ1v) is 3.49. The first-order valence-electron chi connectivity index (χ1n) is 3.49. The Balaban J connectivity index is 2.64. The standard InChI is InChI=1S/C8H7NO3/c1-4-2-5-7(12-4)3-6(9-5)8(10)11/h2-3,9H,1H3,(H,10,11). The zero-order valence-electron chi connectivity index (χ0n) is 6.42. The number of rotatable bonds is 1. The monoisotopic (exact) mass is 165 g/mol. The molecule has 4 nitrogen and oxygen atoms in total. The van der Waals surface area contributed by atoms with Crippen LogP contribution in [0.15, 0.2) is 16.5 Å². The minimum Gasteiger partial charge on any atom is -0.477 e. The van der Waals surface area contributed by atoms with Gasteiger partial charge in [-0.15, -0.1) is 0 Å². The second-order valence-corrected chi connectivity index (χ2v) is 2.62. The molecule has 12 heavy (non-hydrogen) atoms. The number of carboxylic acids is 1. The van der Waals surface area contributed by atoms with E-state index in [0.717, 1.165) is 11.3 Å². The highest BCUT2D eigenvalue weighted by Crippen LogP contribution is 2.19. The Kier molecular flexibility index (Phi) is 1.24. The molecule has 0 unspecified atom stereocenters. The fraction of sp³-hybridized carbons (Fsp3) is 0.125. The van der Waals surface area contributed by atoms with Crippen LogP contribution in [-0.4, -0.2) is 16.1 Å². The third kappa shape index (κ3) is 0.887. The Hall–Kier alpha value is -1.71. The molecule has 2 aromatic rings. The lowest BCUT2D eigenvalue weighted by Gasteiger charge is -1.83. The average molecular weight is 165 g/mol. The lowest BCUT2D eigenvalue weighted by molar-refractivity contribution is 0.0691. The number of nitrogens with one attached hydrogen (secondary N) is 1. The van der Waals surface area contributed by atoms with Crippen LogP contribution in [0.2, 0.25) is 0 Å². The van der Waals surface area contributed by atoms with Gasteiger partial charge in [0.1, 0.15) is 11.5 Å². The van der Waals surface area contributed by atoms with E-state index in [4.69, 9.17) is 9.52 Å². The van der Waals surface area contributed by atoms with Crippen LogP contribution in [0, 0.1) is 6.92 Å². The zero-order chi connectivity index (χ0) is 8.72. The predicted molar refractivity (Wildman–Crippen MR) is 42.3 cm³/mol. The number of carbonyl (C=O) groups is 1. The summed E-state index contributed by atoms with van der Waals surface area (Å²) in [6, 6.07) is 3.24. The number of aryl methyl sites for hydroxylation is 1. The molecule has 0 spiro atoms. The normalized spacial score (nSPS) is 10.8. The maximum atomic E-state index is 10.5. The Morgan fingerprint density at radius 2 is 2.33 bits per heavy atom. The highest BCUT2D eigenvalue weighted by Gasteiger charge is 2.09. The van der Waals surface area contributed by atoms with E-state index in [2.05, 4.69) is 4.98 Å². The number of aromatic amines is 1. The zero-order valence-corrected chi connectivity index (χ0v) is 6.42. The van der Waals surface area contributed by atoms with Gasteiger partial charge >= 0.3 is 5.97 Å². The fourth-order valence-corrected chi connectivity index (χ4v) is 1.16. The second-order valence-electron chi connectivity index (χ2n) is 2.62. The van der Waals surface area contributed by atoms with Crippen LogP contribution < -0.4 is 0 Å². The molecule has 0 atom stereocenters. The minimum atomic E-state index is -0.973. The summed E-state index contributed by atoms with van der Waals surface area (Å²) in [5.41, 5.74) is 1.47. The van der Waals surface area contributed by atoms with Crippen molar-refractivity contribution < 1.29 is 14.3 Å². The molecule has 0 fully saturated rings. The summed E-state index contributed by atoms with van der Waals surface area (Å²) in [7, 11) is 0. The first kappa shape index (κ1) is 6.97. The molecule has 0 amide bonds. The van der Waals surface area contributed by atoms with Crippen LogP contribution in [-0.2, 0) is 0 Å².